The van der Waals surface area contributed by atoms with Crippen molar-refractivity contribution in [2.24, 2.45) is 10.7 Å². The van der Waals surface area contributed by atoms with Crippen molar-refractivity contribution in [2.45, 2.75) is 76.3 Å². The lowest BCUT2D eigenvalue weighted by Crippen LogP contribution is -2.44. The van der Waals surface area contributed by atoms with Crippen LogP contribution in [0.3, 0.4) is 0 Å². The molecule has 0 bridgehead atoms. The second kappa shape index (κ2) is 14.2. The largest absolute Gasteiger partial charge is 0.487 e. The Bertz CT molecular complexity index is 2390. The van der Waals surface area contributed by atoms with Crippen LogP contribution in [0.5, 0.6) is 5.75 Å². The van der Waals surface area contributed by atoms with Crippen molar-refractivity contribution in [3.63, 3.8) is 0 Å². The van der Waals surface area contributed by atoms with Gasteiger partial charge in [0.05, 0.1) is 10.4 Å². The highest BCUT2D eigenvalue weighted by atomic mass is 32.2. The number of sulfonamides is 1. The summed E-state index contributed by atoms with van der Waals surface area (Å²) >= 11 is 0. The number of aliphatic imine (C=N–C) groups is 1. The van der Waals surface area contributed by atoms with Gasteiger partial charge in [-0.1, -0.05) is 65.9 Å². The summed E-state index contributed by atoms with van der Waals surface area (Å²) < 4.78 is 42.8. The van der Waals surface area contributed by atoms with Crippen LogP contribution < -0.4 is 20.5 Å². The summed E-state index contributed by atoms with van der Waals surface area (Å²) in [5, 5.41) is 10.9. The van der Waals surface area contributed by atoms with Crippen LogP contribution in [0.25, 0.3) is 22.2 Å². The van der Waals surface area contributed by atoms with Crippen LogP contribution in [0, 0.1) is 20.8 Å². The number of carbonyl (C=O) groups is 2. The maximum Gasteiger partial charge on any atom is 0.407 e. The van der Waals surface area contributed by atoms with Gasteiger partial charge in [-0.25, -0.2) is 17.9 Å². The van der Waals surface area contributed by atoms with Crippen LogP contribution >= 0.6 is 0 Å². The van der Waals surface area contributed by atoms with Gasteiger partial charge in [-0.2, -0.15) is 4.68 Å². The molecule has 5 aromatic rings. The third-order valence-corrected chi connectivity index (χ3v) is 11.9. The first-order chi connectivity index (χ1) is 25.8. The smallest absolute Gasteiger partial charge is 0.407 e. The highest BCUT2D eigenvalue weighted by molar-refractivity contribution is 7.90. The lowest BCUT2D eigenvalue weighted by atomic mass is 9.94. The molecule has 2 aliphatic rings. The Labute approximate surface area is 314 Å². The molecule has 1 amide bonds. The van der Waals surface area contributed by atoms with Crippen molar-refractivity contribution in [3.8, 4) is 16.9 Å². The number of hydrogen-bond acceptors (Lipinski definition) is 9. The Morgan fingerprint density at radius 1 is 0.981 bits per heavy atom. The molecule has 2 heterocycles. The molecule has 13 nitrogen and oxygen atoms in total. The number of benzene rings is 4. The first kappa shape index (κ1) is 36.6. The average molecular weight is 750 g/mol. The zero-order valence-electron chi connectivity index (χ0n) is 30.8. The summed E-state index contributed by atoms with van der Waals surface area (Å²) in [5.41, 5.74) is 13.8. The minimum atomic E-state index is -4.09. The molecule has 1 aromatic heterocycles. The number of hydrogen-bond donors (Lipinski definition) is 3. The van der Waals surface area contributed by atoms with E-state index in [2.05, 4.69) is 37.5 Å². The van der Waals surface area contributed by atoms with Gasteiger partial charge < -0.3 is 20.5 Å². The third-order valence-electron chi connectivity index (χ3n) is 10.2. The minimum Gasteiger partial charge on any atom is -0.487 e. The highest BCUT2D eigenvalue weighted by Gasteiger charge is 2.37. The maximum atomic E-state index is 13.9. The minimum absolute atomic E-state index is 0.0613. The molecule has 4 N–H and O–H groups in total. The van der Waals surface area contributed by atoms with Gasteiger partial charge >= 0.3 is 6.09 Å². The summed E-state index contributed by atoms with van der Waals surface area (Å²) in [7, 11) is -4.09. The number of nitrogens with one attached hydrogen (secondary N) is 2. The molecule has 1 atom stereocenters. The van der Waals surface area contributed by atoms with Crippen LogP contribution in [0.4, 0.5) is 4.79 Å². The van der Waals surface area contributed by atoms with E-state index >= 15 is 0 Å². The van der Waals surface area contributed by atoms with Crippen LogP contribution in [-0.2, 0) is 21.2 Å². The van der Waals surface area contributed by atoms with Gasteiger partial charge in [0.15, 0.2) is 0 Å². The first-order valence-electron chi connectivity index (χ1n) is 17.9. The molecule has 1 aliphatic carbocycles. The molecule has 1 aliphatic heterocycles. The van der Waals surface area contributed by atoms with Gasteiger partial charge in [-0.15, -0.1) is 5.10 Å². The normalized spacial score (nSPS) is 15.2. The number of ether oxygens (including phenoxy) is 2. The Hall–Kier alpha value is -5.76. The molecule has 0 fully saturated rings. The van der Waals surface area contributed by atoms with Crippen LogP contribution in [0.15, 0.2) is 82.7 Å². The van der Waals surface area contributed by atoms with Crippen molar-refractivity contribution in [2.75, 3.05) is 13.2 Å². The molecule has 0 radical (unpaired) electrons. The number of guanidine groups is 1. The number of nitrogens with two attached hydrogens (primary N) is 1. The fourth-order valence-corrected chi connectivity index (χ4v) is 9.11. The molecule has 0 spiro atoms. The highest BCUT2D eigenvalue weighted by Crippen LogP contribution is 2.45. The summed E-state index contributed by atoms with van der Waals surface area (Å²) in [4.78, 5) is 31.6. The fraction of sp³-hybridized carbons (Fsp3) is 0.325. The number of aromatic nitrogens is 3. The van der Waals surface area contributed by atoms with Gasteiger partial charge in [0.2, 0.25) is 5.96 Å². The summed E-state index contributed by atoms with van der Waals surface area (Å²) in [6, 6.07) is 22.0. The lowest BCUT2D eigenvalue weighted by Gasteiger charge is -2.19. The van der Waals surface area contributed by atoms with Crippen molar-refractivity contribution in [1.29, 1.82) is 0 Å². The maximum absolute atomic E-state index is 13.9. The summed E-state index contributed by atoms with van der Waals surface area (Å²) in [6.07, 6.45) is 0.200. The number of carbonyl (C=O) groups excluding carboxylic acids is 2. The van der Waals surface area contributed by atoms with Gasteiger partial charge in [0, 0.05) is 24.4 Å². The van der Waals surface area contributed by atoms with E-state index in [9.17, 15) is 18.0 Å². The number of rotatable bonds is 10. The zero-order chi connectivity index (χ0) is 38.4. The van der Waals surface area contributed by atoms with E-state index in [1.54, 1.807) is 38.1 Å². The van der Waals surface area contributed by atoms with Crippen LogP contribution in [-0.4, -0.2) is 66.2 Å². The number of fused-ring (bicyclic) bond motifs is 5. The van der Waals surface area contributed by atoms with Crippen molar-refractivity contribution in [3.05, 3.63) is 106 Å². The number of amides is 1. The van der Waals surface area contributed by atoms with Gasteiger partial charge in [0.25, 0.3) is 15.9 Å². The molecule has 0 saturated heterocycles. The topological polar surface area (TPSA) is 180 Å². The van der Waals surface area contributed by atoms with E-state index in [0.29, 0.717) is 28.6 Å². The number of para-hydroxylation sites is 1. The molecule has 54 heavy (non-hydrogen) atoms. The average Bonchev–Trinajstić information content (AvgIpc) is 3.82. The fourth-order valence-electron chi connectivity index (χ4n) is 7.58. The van der Waals surface area contributed by atoms with Crippen molar-refractivity contribution < 1.29 is 27.5 Å². The Morgan fingerprint density at radius 2 is 1.63 bits per heavy atom. The standard InChI is InChI=1S/C40H43N7O6S/c1-23-24(2)36(25(3)30-21-40(4,5)53-35(23)30)54(50,51)45-38(41)42-20-12-18-33(37(48)47-34-19-11-10-17-32(34)44-46-47)43-39(49)52-22-31-28-15-8-6-13-26(28)27-14-7-9-16-29(27)31/h6-11,13-17,19,31,33H,12,18,20-22H2,1-5H3,(H,43,49)(H3,41,42,45)/t33-/m0/s1. The first-order valence-corrected chi connectivity index (χ1v) is 19.3. The quantitative estimate of drug-likeness (QED) is 0.0919. The Kier molecular flexibility index (Phi) is 9.65. The summed E-state index contributed by atoms with van der Waals surface area (Å²) in [6.45, 7) is 9.44. The molecular formula is C40H43N7O6S. The second-order valence-electron chi connectivity index (χ2n) is 14.4. The van der Waals surface area contributed by atoms with Gasteiger partial charge in [-0.05, 0) is 98.5 Å². The predicted molar refractivity (Wildman–Crippen MR) is 205 cm³/mol. The predicted octanol–water partition coefficient (Wildman–Crippen LogP) is 5.69. The van der Waals surface area contributed by atoms with E-state index in [1.165, 1.54) is 0 Å². The molecular weight excluding hydrogens is 707 g/mol. The van der Waals surface area contributed by atoms with Crippen molar-refractivity contribution >= 4 is 39.0 Å². The lowest BCUT2D eigenvalue weighted by molar-refractivity contribution is 0.0819. The molecule has 14 heteroatoms. The number of nitrogens with zero attached hydrogens (tertiary/aromatic N) is 4. The molecule has 280 valence electrons. The van der Waals surface area contributed by atoms with Crippen LogP contribution in [0.1, 0.15) is 70.8 Å². The monoisotopic (exact) mass is 749 g/mol. The Balaban J connectivity index is 1.04. The van der Waals surface area contributed by atoms with E-state index < -0.39 is 33.7 Å². The van der Waals surface area contributed by atoms with Gasteiger partial charge in [-0.3, -0.25) is 9.79 Å². The molecule has 7 rings (SSSR count). The number of alkyl carbamates (subject to hydrolysis) is 1. The summed E-state index contributed by atoms with van der Waals surface area (Å²) in [5.74, 6) is -0.241. The zero-order valence-corrected chi connectivity index (χ0v) is 31.7. The van der Waals surface area contributed by atoms with E-state index in [4.69, 9.17) is 15.2 Å². The van der Waals surface area contributed by atoms with Crippen molar-refractivity contribution in [1.82, 2.24) is 25.0 Å². The van der Waals surface area contributed by atoms with E-state index in [-0.39, 0.29) is 42.8 Å². The third kappa shape index (κ3) is 6.89. The molecule has 4 aromatic carbocycles. The second-order valence-corrected chi connectivity index (χ2v) is 16.0. The van der Waals surface area contributed by atoms with E-state index in [1.807, 2.05) is 57.2 Å². The van der Waals surface area contributed by atoms with Gasteiger partial charge in [0.1, 0.15) is 29.5 Å². The molecule has 0 saturated carbocycles. The SMILES string of the molecule is Cc1c(C)c(S(=O)(=O)NC(N)=NCCC[C@H](NC(=O)OCC2c3ccccc3-c3ccccc32)C(=O)n2nnc3ccccc32)c(C)c2c1OC(C)(C)C2. The van der Waals surface area contributed by atoms with E-state index in [0.717, 1.165) is 43.8 Å². The molecule has 0 unspecified atom stereocenters. The van der Waals surface area contributed by atoms with Crippen LogP contribution in [0.2, 0.25) is 0 Å². The Morgan fingerprint density at radius 3 is 2.33 bits per heavy atom.